The number of hydrogen-bond donors (Lipinski definition) is 0. The van der Waals surface area contributed by atoms with Crippen molar-refractivity contribution >= 4 is 49.0 Å². The minimum absolute atomic E-state index is 0.203. The van der Waals surface area contributed by atoms with E-state index < -0.39 is 19.8 Å². The SMILES string of the molecule is Cc1cc(C)cc(-c2c(C3=NC(C)(C)CO3)c([Te]Cl)cc3ccccc23)c1. The van der Waals surface area contributed by atoms with E-state index in [1.165, 1.54) is 36.6 Å². The summed E-state index contributed by atoms with van der Waals surface area (Å²) in [5.41, 5.74) is 5.78. The summed E-state index contributed by atoms with van der Waals surface area (Å²) in [6.07, 6.45) is 0. The number of nitrogens with zero attached hydrogens (tertiary/aromatic N) is 1. The molecular weight excluding hydrogens is 469 g/mol. The summed E-state index contributed by atoms with van der Waals surface area (Å²) in [4.78, 5) is 4.89. The zero-order valence-corrected chi connectivity index (χ0v) is 19.1. The second-order valence-corrected chi connectivity index (χ2v) is 10.5. The first-order chi connectivity index (χ1) is 12.9. The molecule has 0 saturated heterocycles. The number of halogens is 1. The zero-order chi connectivity index (χ0) is 19.2. The first-order valence-corrected chi connectivity index (χ1v) is 13.2. The summed E-state index contributed by atoms with van der Waals surface area (Å²) >= 11 is -0.844. The zero-order valence-electron chi connectivity index (χ0n) is 16.0. The third kappa shape index (κ3) is 3.61. The first kappa shape index (κ1) is 18.8. The quantitative estimate of drug-likeness (QED) is 0.464. The summed E-state index contributed by atoms with van der Waals surface area (Å²) in [5, 5.41) is 2.43. The van der Waals surface area contributed by atoms with Gasteiger partial charge in [-0.3, -0.25) is 0 Å². The maximum absolute atomic E-state index is 6.52. The molecule has 0 radical (unpaired) electrons. The Morgan fingerprint density at radius 3 is 2.33 bits per heavy atom. The third-order valence-corrected chi connectivity index (χ3v) is 7.30. The van der Waals surface area contributed by atoms with Crippen molar-refractivity contribution in [1.29, 1.82) is 0 Å². The molecule has 1 heterocycles. The number of aliphatic imine (C=N–C) groups is 1. The van der Waals surface area contributed by atoms with Gasteiger partial charge in [0.05, 0.1) is 0 Å². The molecule has 0 amide bonds. The Hall–Kier alpha value is -1.53. The van der Waals surface area contributed by atoms with E-state index in [1.54, 1.807) is 0 Å². The predicted molar refractivity (Wildman–Crippen MR) is 117 cm³/mol. The molecule has 3 aromatic rings. The van der Waals surface area contributed by atoms with Crippen LogP contribution in [0.2, 0.25) is 0 Å². The molecule has 1 aliphatic heterocycles. The Labute approximate surface area is 174 Å². The number of rotatable bonds is 3. The van der Waals surface area contributed by atoms with Crippen LogP contribution in [-0.4, -0.2) is 37.8 Å². The molecule has 0 atom stereocenters. The molecule has 4 heteroatoms. The number of benzene rings is 3. The molecule has 0 aliphatic carbocycles. The summed E-state index contributed by atoms with van der Waals surface area (Å²) in [5.74, 6) is 0.737. The topological polar surface area (TPSA) is 21.6 Å². The van der Waals surface area contributed by atoms with Gasteiger partial charge in [-0.1, -0.05) is 0 Å². The van der Waals surface area contributed by atoms with Gasteiger partial charge in [0, 0.05) is 0 Å². The molecule has 27 heavy (non-hydrogen) atoms. The Morgan fingerprint density at radius 2 is 1.70 bits per heavy atom. The van der Waals surface area contributed by atoms with Crippen molar-refractivity contribution in [3.8, 4) is 11.1 Å². The number of aryl methyl sites for hydroxylation is 2. The summed E-state index contributed by atoms with van der Waals surface area (Å²) in [6, 6.07) is 17.5. The second kappa shape index (κ2) is 7.13. The molecule has 0 spiro atoms. The van der Waals surface area contributed by atoms with E-state index in [0.29, 0.717) is 6.61 Å². The molecule has 0 saturated carbocycles. The Morgan fingerprint density at radius 1 is 1.00 bits per heavy atom. The fourth-order valence-corrected chi connectivity index (χ4v) is 5.79. The molecule has 2 nitrogen and oxygen atoms in total. The van der Waals surface area contributed by atoms with Crippen LogP contribution in [0.3, 0.4) is 0 Å². The van der Waals surface area contributed by atoms with E-state index in [0.717, 1.165) is 11.5 Å². The van der Waals surface area contributed by atoms with Crippen LogP contribution in [0.25, 0.3) is 21.9 Å². The van der Waals surface area contributed by atoms with Crippen molar-refractivity contribution < 1.29 is 4.74 Å². The van der Waals surface area contributed by atoms with Gasteiger partial charge in [0.25, 0.3) is 0 Å². The molecule has 0 aromatic heterocycles. The van der Waals surface area contributed by atoms with Crippen LogP contribution < -0.4 is 3.61 Å². The summed E-state index contributed by atoms with van der Waals surface area (Å²) in [6.45, 7) is 9.10. The van der Waals surface area contributed by atoms with Crippen LogP contribution in [0, 0.1) is 13.8 Å². The van der Waals surface area contributed by atoms with Gasteiger partial charge in [-0.05, 0) is 0 Å². The third-order valence-electron chi connectivity index (χ3n) is 4.79. The Kier molecular flexibility index (Phi) is 4.97. The Bertz CT molecular complexity index is 1050. The standard InChI is InChI=1S/C23H22ClNOTe/c1-14-9-15(2)11-17(10-14)20-18-8-6-5-7-16(18)12-19(27-24)21(20)22-25-23(3,4)13-26-22/h5-12H,13H2,1-4H3. The van der Waals surface area contributed by atoms with Gasteiger partial charge < -0.3 is 0 Å². The van der Waals surface area contributed by atoms with Gasteiger partial charge in [-0.15, -0.1) is 0 Å². The van der Waals surface area contributed by atoms with Gasteiger partial charge in [-0.25, -0.2) is 0 Å². The second-order valence-electron chi connectivity index (χ2n) is 7.82. The number of ether oxygens (including phenoxy) is 1. The van der Waals surface area contributed by atoms with E-state index in [2.05, 4.69) is 76.2 Å². The van der Waals surface area contributed by atoms with Crippen molar-refractivity contribution in [2.75, 3.05) is 6.61 Å². The van der Waals surface area contributed by atoms with Crippen molar-refractivity contribution in [3.63, 3.8) is 0 Å². The van der Waals surface area contributed by atoms with Crippen LogP contribution in [0.4, 0.5) is 0 Å². The fourth-order valence-electron chi connectivity index (χ4n) is 3.73. The van der Waals surface area contributed by atoms with E-state index in [1.807, 2.05) is 0 Å². The van der Waals surface area contributed by atoms with Crippen molar-refractivity contribution in [1.82, 2.24) is 0 Å². The average Bonchev–Trinajstić information content (AvgIpc) is 2.98. The first-order valence-electron chi connectivity index (χ1n) is 9.04. The predicted octanol–water partition coefficient (Wildman–Crippen LogP) is 5.16. The molecule has 0 N–H and O–H groups in total. The summed E-state index contributed by atoms with van der Waals surface area (Å²) in [7, 11) is 6.52. The van der Waals surface area contributed by atoms with Gasteiger partial charge >= 0.3 is 175 Å². The van der Waals surface area contributed by atoms with Crippen LogP contribution in [0.15, 0.2) is 53.5 Å². The normalized spacial score (nSPS) is 15.7. The molecule has 0 bridgehead atoms. The van der Waals surface area contributed by atoms with Gasteiger partial charge in [0.2, 0.25) is 0 Å². The average molecular weight is 491 g/mol. The molecule has 0 fully saturated rings. The molecule has 0 unspecified atom stereocenters. The van der Waals surface area contributed by atoms with E-state index in [4.69, 9.17) is 18.7 Å². The van der Waals surface area contributed by atoms with Crippen molar-refractivity contribution in [2.45, 2.75) is 33.2 Å². The summed E-state index contributed by atoms with van der Waals surface area (Å²) < 4.78 is 7.27. The molecular formula is C23H22ClNOTe. The van der Waals surface area contributed by atoms with Crippen LogP contribution >= 0.6 is 8.96 Å². The van der Waals surface area contributed by atoms with E-state index >= 15 is 0 Å². The number of fused-ring (bicyclic) bond motifs is 1. The molecule has 138 valence electrons. The van der Waals surface area contributed by atoms with E-state index in [9.17, 15) is 0 Å². The molecule has 3 aromatic carbocycles. The fraction of sp³-hybridized carbons (Fsp3) is 0.261. The van der Waals surface area contributed by atoms with Gasteiger partial charge in [0.1, 0.15) is 0 Å². The Balaban J connectivity index is 2.12. The molecule has 4 rings (SSSR count). The van der Waals surface area contributed by atoms with Gasteiger partial charge in [0.15, 0.2) is 0 Å². The van der Waals surface area contributed by atoms with E-state index in [-0.39, 0.29) is 5.54 Å². The molecule has 1 aliphatic rings. The maximum atomic E-state index is 6.52. The van der Waals surface area contributed by atoms with Gasteiger partial charge in [-0.2, -0.15) is 0 Å². The monoisotopic (exact) mass is 493 g/mol. The minimum atomic E-state index is -0.844. The number of hydrogen-bond acceptors (Lipinski definition) is 2. The van der Waals surface area contributed by atoms with Crippen LogP contribution in [0.5, 0.6) is 0 Å². The van der Waals surface area contributed by atoms with Crippen molar-refractivity contribution in [3.05, 3.63) is 65.2 Å². The van der Waals surface area contributed by atoms with Crippen molar-refractivity contribution in [2.24, 2.45) is 4.99 Å². The van der Waals surface area contributed by atoms with Crippen LogP contribution in [-0.2, 0) is 4.74 Å². The van der Waals surface area contributed by atoms with Crippen LogP contribution in [0.1, 0.15) is 30.5 Å².